The molecule has 0 saturated carbocycles. The summed E-state index contributed by atoms with van der Waals surface area (Å²) >= 11 is 0. The fourth-order valence-corrected chi connectivity index (χ4v) is 4.93. The molecule has 0 atom stereocenters. The van der Waals surface area contributed by atoms with Crippen molar-refractivity contribution in [1.82, 2.24) is 0 Å². The fraction of sp³-hybridized carbons (Fsp3) is 0.553. The molecule has 0 radical (unpaired) electrons. The van der Waals surface area contributed by atoms with Crippen LogP contribution in [0, 0.1) is 5.41 Å². The summed E-state index contributed by atoms with van der Waals surface area (Å²) in [5.41, 5.74) is 5.62. The molecule has 0 spiro atoms. The first-order valence-electron chi connectivity index (χ1n) is 15.8. The van der Waals surface area contributed by atoms with Crippen LogP contribution in [-0.2, 0) is 9.53 Å². The highest BCUT2D eigenvalue weighted by molar-refractivity contribution is 5.69. The van der Waals surface area contributed by atoms with Gasteiger partial charge in [-0.15, -0.1) is 0 Å². The Labute approximate surface area is 247 Å². The first kappa shape index (κ1) is 35.4. The van der Waals surface area contributed by atoms with Gasteiger partial charge in [0.25, 0.3) is 0 Å². The lowest BCUT2D eigenvalue weighted by Crippen LogP contribution is -2.19. The predicted octanol–water partition coefficient (Wildman–Crippen LogP) is 11.7. The minimum absolute atomic E-state index is 0.0923. The van der Waals surface area contributed by atoms with Crippen molar-refractivity contribution in [3.8, 4) is 0 Å². The Kier molecular flexibility index (Phi) is 19.6. The van der Waals surface area contributed by atoms with Gasteiger partial charge in [0.2, 0.25) is 0 Å². The summed E-state index contributed by atoms with van der Waals surface area (Å²) in [6, 6.07) is 0. The summed E-state index contributed by atoms with van der Waals surface area (Å²) in [6.07, 6.45) is 40.5. The number of unbranched alkanes of at least 4 members (excludes halogenated alkanes) is 5. The molecular formula is C38H58O2. The average Bonchev–Trinajstić information content (AvgIpc) is 2.90. The van der Waals surface area contributed by atoms with Gasteiger partial charge in [0.1, 0.15) is 6.61 Å². The Morgan fingerprint density at radius 2 is 1.55 bits per heavy atom. The molecule has 40 heavy (non-hydrogen) atoms. The molecular weight excluding hydrogens is 488 g/mol. The van der Waals surface area contributed by atoms with E-state index in [1.807, 2.05) is 13.0 Å². The van der Waals surface area contributed by atoms with Gasteiger partial charge < -0.3 is 4.74 Å². The predicted molar refractivity (Wildman–Crippen MR) is 176 cm³/mol. The van der Waals surface area contributed by atoms with E-state index in [4.69, 9.17) is 4.74 Å². The molecule has 0 saturated heterocycles. The van der Waals surface area contributed by atoms with E-state index in [1.54, 1.807) is 0 Å². The third-order valence-corrected chi connectivity index (χ3v) is 7.45. The Morgan fingerprint density at radius 1 is 0.875 bits per heavy atom. The van der Waals surface area contributed by atoms with Crippen molar-refractivity contribution in [2.75, 3.05) is 6.61 Å². The largest absolute Gasteiger partial charge is 0.461 e. The Hall–Kier alpha value is -2.61. The molecule has 0 amide bonds. The topological polar surface area (TPSA) is 26.3 Å². The highest BCUT2D eigenvalue weighted by Crippen LogP contribution is 2.40. The summed E-state index contributed by atoms with van der Waals surface area (Å²) in [7, 11) is 0. The molecule has 0 aromatic heterocycles. The number of allylic oxidation sites excluding steroid dienone is 15. The van der Waals surface area contributed by atoms with Gasteiger partial charge in [-0.3, -0.25) is 4.79 Å². The molecule has 222 valence electrons. The molecule has 0 aromatic rings. The van der Waals surface area contributed by atoms with Crippen molar-refractivity contribution in [2.45, 2.75) is 125 Å². The lowest BCUT2D eigenvalue weighted by atomic mass is 9.72. The summed E-state index contributed by atoms with van der Waals surface area (Å²) in [5.74, 6) is -0.0923. The number of hydrogen-bond acceptors (Lipinski definition) is 2. The van der Waals surface area contributed by atoms with E-state index in [2.05, 4.69) is 101 Å². The van der Waals surface area contributed by atoms with Crippen LogP contribution in [0.4, 0.5) is 0 Å². The van der Waals surface area contributed by atoms with Crippen LogP contribution in [0.1, 0.15) is 125 Å². The maximum Gasteiger partial charge on any atom is 0.306 e. The number of carbonyl (C=O) groups excluding carboxylic acids is 1. The zero-order chi connectivity index (χ0) is 29.5. The zero-order valence-electron chi connectivity index (χ0n) is 26.6. The number of rotatable bonds is 19. The van der Waals surface area contributed by atoms with Gasteiger partial charge in [0, 0.05) is 6.42 Å². The molecule has 0 bridgehead atoms. The van der Waals surface area contributed by atoms with Crippen LogP contribution in [0.25, 0.3) is 0 Å². The molecule has 1 aliphatic carbocycles. The summed E-state index contributed by atoms with van der Waals surface area (Å²) in [5, 5.41) is 0. The molecule has 1 rings (SSSR count). The van der Waals surface area contributed by atoms with Crippen LogP contribution in [0.5, 0.6) is 0 Å². The Balaban J connectivity index is 2.15. The van der Waals surface area contributed by atoms with Gasteiger partial charge in [0.05, 0.1) is 0 Å². The highest BCUT2D eigenvalue weighted by Gasteiger charge is 2.26. The van der Waals surface area contributed by atoms with Crippen LogP contribution >= 0.6 is 0 Å². The third kappa shape index (κ3) is 17.9. The van der Waals surface area contributed by atoms with Crippen LogP contribution in [0.3, 0.4) is 0 Å². The zero-order valence-corrected chi connectivity index (χ0v) is 26.6. The van der Waals surface area contributed by atoms with Crippen molar-refractivity contribution in [3.05, 3.63) is 95.2 Å². The van der Waals surface area contributed by atoms with Crippen LogP contribution in [0.15, 0.2) is 95.2 Å². The fourth-order valence-electron chi connectivity index (χ4n) is 4.93. The van der Waals surface area contributed by atoms with Gasteiger partial charge in [-0.1, -0.05) is 124 Å². The smallest absolute Gasteiger partial charge is 0.306 e. The summed E-state index contributed by atoms with van der Waals surface area (Å²) in [4.78, 5) is 12.0. The van der Waals surface area contributed by atoms with Crippen LogP contribution in [-0.4, -0.2) is 12.6 Å². The SMILES string of the molecule is CC/C=C/C/C=C/C/C=C/CCCCCCCC(=O)OC/C=C(C)/C=C/C=C(C)/C=C/C1=C(C)CCCC1(C)C. The second-order valence-corrected chi connectivity index (χ2v) is 11.8. The quantitative estimate of drug-likeness (QED) is 0.0697. The molecule has 0 heterocycles. The lowest BCUT2D eigenvalue weighted by Gasteiger charge is -2.32. The Morgan fingerprint density at radius 3 is 2.27 bits per heavy atom. The van der Waals surface area contributed by atoms with Crippen molar-refractivity contribution < 1.29 is 9.53 Å². The van der Waals surface area contributed by atoms with E-state index < -0.39 is 0 Å². The second-order valence-electron chi connectivity index (χ2n) is 11.8. The van der Waals surface area contributed by atoms with Gasteiger partial charge in [0.15, 0.2) is 0 Å². The van der Waals surface area contributed by atoms with Gasteiger partial charge in [-0.05, 0) is 95.6 Å². The molecule has 0 unspecified atom stereocenters. The maximum atomic E-state index is 12.0. The number of carbonyl (C=O) groups is 1. The van der Waals surface area contributed by atoms with E-state index in [-0.39, 0.29) is 11.4 Å². The monoisotopic (exact) mass is 546 g/mol. The van der Waals surface area contributed by atoms with E-state index in [0.717, 1.165) is 44.1 Å². The van der Waals surface area contributed by atoms with Crippen molar-refractivity contribution >= 4 is 5.97 Å². The normalized spacial score (nSPS) is 17.1. The van der Waals surface area contributed by atoms with Crippen molar-refractivity contribution in [3.63, 3.8) is 0 Å². The first-order valence-corrected chi connectivity index (χ1v) is 15.8. The van der Waals surface area contributed by atoms with Gasteiger partial charge >= 0.3 is 5.97 Å². The molecule has 0 aliphatic heterocycles. The number of ether oxygens (including phenoxy) is 1. The molecule has 0 N–H and O–H groups in total. The second kappa shape index (κ2) is 22.1. The first-order chi connectivity index (χ1) is 19.3. The van der Waals surface area contributed by atoms with Crippen molar-refractivity contribution in [2.24, 2.45) is 5.41 Å². The molecule has 2 heteroatoms. The molecule has 1 aliphatic rings. The molecule has 0 aromatic carbocycles. The van der Waals surface area contributed by atoms with E-state index >= 15 is 0 Å². The van der Waals surface area contributed by atoms with E-state index in [1.165, 1.54) is 55.2 Å². The van der Waals surface area contributed by atoms with Gasteiger partial charge in [-0.2, -0.15) is 0 Å². The Bertz CT molecular complexity index is 959. The minimum atomic E-state index is -0.0923. The maximum absolute atomic E-state index is 12.0. The van der Waals surface area contributed by atoms with Crippen molar-refractivity contribution in [1.29, 1.82) is 0 Å². The van der Waals surface area contributed by atoms with E-state index in [9.17, 15) is 4.79 Å². The van der Waals surface area contributed by atoms with Crippen LogP contribution in [0.2, 0.25) is 0 Å². The molecule has 0 fully saturated rings. The van der Waals surface area contributed by atoms with E-state index in [0.29, 0.717) is 13.0 Å². The number of hydrogen-bond donors (Lipinski definition) is 0. The number of esters is 1. The van der Waals surface area contributed by atoms with Gasteiger partial charge in [-0.25, -0.2) is 0 Å². The summed E-state index contributed by atoms with van der Waals surface area (Å²) in [6.45, 7) is 13.7. The average molecular weight is 547 g/mol. The lowest BCUT2D eigenvalue weighted by molar-refractivity contribution is -0.142. The third-order valence-electron chi connectivity index (χ3n) is 7.45. The minimum Gasteiger partial charge on any atom is -0.461 e. The standard InChI is InChI=1S/C38H58O2/c1-7-8-9-10-11-12-13-14-15-16-17-18-19-20-21-27-37(39)40-32-30-34(3)25-22-24-33(2)28-29-36-35(4)26-23-31-38(36,5)6/h8-9,11-12,14-15,22,24-25,28-30H,7,10,13,16-21,23,26-27,31-32H2,1-6H3/b9-8+,12-11+,15-14+,25-22+,29-28+,33-24+,34-30+. The van der Waals surface area contributed by atoms with Crippen LogP contribution < -0.4 is 0 Å². The molecule has 2 nitrogen and oxygen atoms in total. The highest BCUT2D eigenvalue weighted by atomic mass is 16.5. The summed E-state index contributed by atoms with van der Waals surface area (Å²) < 4.78 is 5.40.